The van der Waals surface area contributed by atoms with Crippen molar-refractivity contribution in [3.63, 3.8) is 0 Å². The fraction of sp³-hybridized carbons (Fsp3) is 0.385. The maximum Gasteiger partial charge on any atom is 0.407 e. The van der Waals surface area contributed by atoms with Gasteiger partial charge in [-0.15, -0.1) is 0 Å². The zero-order valence-electron chi connectivity index (χ0n) is 10.3. The highest BCUT2D eigenvalue weighted by Crippen LogP contribution is 2.29. The first-order chi connectivity index (χ1) is 9.16. The van der Waals surface area contributed by atoms with Crippen LogP contribution >= 0.6 is 15.9 Å². The fourth-order valence-electron chi connectivity index (χ4n) is 2.65. The second-order valence-corrected chi connectivity index (χ2v) is 5.61. The molecule has 1 saturated heterocycles. The minimum atomic E-state index is -0.823. The van der Waals surface area contributed by atoms with Crippen LogP contribution in [-0.2, 0) is 0 Å². The summed E-state index contributed by atoms with van der Waals surface area (Å²) in [6.07, 6.45) is 4.68. The van der Waals surface area contributed by atoms with E-state index in [0.29, 0.717) is 19.1 Å². The van der Waals surface area contributed by atoms with Gasteiger partial charge in [0.2, 0.25) is 0 Å². The monoisotopic (exact) mass is 323 g/mol. The number of halogens is 1. The van der Waals surface area contributed by atoms with Crippen molar-refractivity contribution in [2.75, 3.05) is 13.1 Å². The highest BCUT2D eigenvalue weighted by atomic mass is 79.9. The van der Waals surface area contributed by atoms with Gasteiger partial charge in [-0.1, -0.05) is 0 Å². The topological polar surface area (TPSA) is 58.4 Å². The van der Waals surface area contributed by atoms with Crippen LogP contribution in [0.25, 0.3) is 11.0 Å². The van der Waals surface area contributed by atoms with Crippen LogP contribution in [-0.4, -0.2) is 38.7 Å². The van der Waals surface area contributed by atoms with Crippen LogP contribution in [0.1, 0.15) is 18.9 Å². The number of hydrogen-bond donors (Lipinski definition) is 1. The van der Waals surface area contributed by atoms with Crippen LogP contribution in [0.4, 0.5) is 4.79 Å². The van der Waals surface area contributed by atoms with Crippen molar-refractivity contribution in [2.24, 2.45) is 0 Å². The standard InChI is InChI=1S/C13H14BrN3O2/c14-11-1-5-15-12-10(11)4-8-17(12)9-2-6-16(7-3-9)13(18)19/h1,4-5,8-9H,2-3,6-7H2,(H,18,19). The fourth-order valence-corrected chi connectivity index (χ4v) is 3.08. The minimum Gasteiger partial charge on any atom is -0.465 e. The van der Waals surface area contributed by atoms with Gasteiger partial charge < -0.3 is 14.6 Å². The summed E-state index contributed by atoms with van der Waals surface area (Å²) >= 11 is 3.52. The van der Waals surface area contributed by atoms with E-state index in [1.54, 1.807) is 6.20 Å². The molecule has 1 aliphatic heterocycles. The Morgan fingerprint density at radius 1 is 1.37 bits per heavy atom. The average molecular weight is 324 g/mol. The van der Waals surface area contributed by atoms with Gasteiger partial charge in [0.25, 0.3) is 0 Å². The molecule has 2 aromatic rings. The first-order valence-electron chi connectivity index (χ1n) is 6.26. The molecule has 0 radical (unpaired) electrons. The molecule has 0 aliphatic carbocycles. The summed E-state index contributed by atoms with van der Waals surface area (Å²) in [5.41, 5.74) is 0.961. The number of carboxylic acid groups (broad SMARTS) is 1. The van der Waals surface area contributed by atoms with E-state index in [1.807, 2.05) is 12.3 Å². The molecule has 1 amide bonds. The Labute approximate surface area is 119 Å². The highest BCUT2D eigenvalue weighted by Gasteiger charge is 2.24. The molecule has 2 aromatic heterocycles. The van der Waals surface area contributed by atoms with Crippen LogP contribution in [0.5, 0.6) is 0 Å². The van der Waals surface area contributed by atoms with Crippen LogP contribution < -0.4 is 0 Å². The smallest absolute Gasteiger partial charge is 0.407 e. The van der Waals surface area contributed by atoms with Gasteiger partial charge in [-0.25, -0.2) is 9.78 Å². The Bertz CT molecular complexity index is 617. The lowest BCUT2D eigenvalue weighted by atomic mass is 10.1. The second-order valence-electron chi connectivity index (χ2n) is 4.75. The van der Waals surface area contributed by atoms with Gasteiger partial charge in [-0.3, -0.25) is 0 Å². The molecule has 0 atom stereocenters. The molecule has 0 spiro atoms. The zero-order chi connectivity index (χ0) is 13.4. The Balaban J connectivity index is 1.86. The number of aromatic nitrogens is 2. The number of carbonyl (C=O) groups is 1. The lowest BCUT2D eigenvalue weighted by Crippen LogP contribution is -2.38. The van der Waals surface area contributed by atoms with E-state index in [4.69, 9.17) is 5.11 Å². The van der Waals surface area contributed by atoms with Gasteiger partial charge in [0.15, 0.2) is 0 Å². The van der Waals surface area contributed by atoms with Crippen molar-refractivity contribution in [1.82, 2.24) is 14.5 Å². The first-order valence-corrected chi connectivity index (χ1v) is 7.05. The molecular weight excluding hydrogens is 310 g/mol. The molecule has 0 saturated carbocycles. The number of rotatable bonds is 1. The van der Waals surface area contributed by atoms with Gasteiger partial charge >= 0.3 is 6.09 Å². The predicted octanol–water partition coefficient (Wildman–Crippen LogP) is 3.11. The van der Waals surface area contributed by atoms with E-state index < -0.39 is 6.09 Å². The van der Waals surface area contributed by atoms with Crippen molar-refractivity contribution in [2.45, 2.75) is 18.9 Å². The number of hydrogen-bond acceptors (Lipinski definition) is 2. The molecule has 6 heteroatoms. The summed E-state index contributed by atoms with van der Waals surface area (Å²) in [7, 11) is 0. The number of nitrogens with zero attached hydrogens (tertiary/aromatic N) is 3. The molecule has 0 bridgehead atoms. The summed E-state index contributed by atoms with van der Waals surface area (Å²) in [6, 6.07) is 4.31. The van der Waals surface area contributed by atoms with Gasteiger partial charge in [-0.2, -0.15) is 0 Å². The van der Waals surface area contributed by atoms with E-state index in [9.17, 15) is 4.79 Å². The largest absolute Gasteiger partial charge is 0.465 e. The van der Waals surface area contributed by atoms with Crippen molar-refractivity contribution >= 4 is 33.1 Å². The van der Waals surface area contributed by atoms with E-state index >= 15 is 0 Å². The van der Waals surface area contributed by atoms with Gasteiger partial charge in [0.05, 0.1) is 0 Å². The third-order valence-electron chi connectivity index (χ3n) is 3.69. The molecular formula is C13H14BrN3O2. The second kappa shape index (κ2) is 4.85. The Kier molecular flexibility index (Phi) is 3.18. The van der Waals surface area contributed by atoms with Crippen LogP contribution in [0.2, 0.25) is 0 Å². The van der Waals surface area contributed by atoms with Crippen LogP contribution in [0.15, 0.2) is 29.0 Å². The highest BCUT2D eigenvalue weighted by molar-refractivity contribution is 9.10. The van der Waals surface area contributed by atoms with Crippen molar-refractivity contribution in [3.8, 4) is 0 Å². The van der Waals surface area contributed by atoms with Crippen molar-refractivity contribution < 1.29 is 9.90 Å². The number of piperidine rings is 1. The normalized spacial score (nSPS) is 17.0. The van der Waals surface area contributed by atoms with Gasteiger partial charge in [0.1, 0.15) is 5.65 Å². The SMILES string of the molecule is O=C(O)N1CCC(n2ccc3c(Br)ccnc32)CC1. The molecule has 0 unspecified atom stereocenters. The molecule has 1 aliphatic rings. The Morgan fingerprint density at radius 3 is 2.79 bits per heavy atom. The summed E-state index contributed by atoms with van der Waals surface area (Å²) < 4.78 is 3.21. The zero-order valence-corrected chi connectivity index (χ0v) is 11.9. The molecule has 0 aromatic carbocycles. The van der Waals surface area contributed by atoms with Crippen molar-refractivity contribution in [1.29, 1.82) is 0 Å². The lowest BCUT2D eigenvalue weighted by Gasteiger charge is -2.31. The van der Waals surface area contributed by atoms with E-state index in [-0.39, 0.29) is 0 Å². The maximum absolute atomic E-state index is 10.9. The summed E-state index contributed by atoms with van der Waals surface area (Å²) in [5.74, 6) is 0. The number of fused-ring (bicyclic) bond motifs is 1. The minimum absolute atomic E-state index is 0.329. The molecule has 3 heterocycles. The number of amides is 1. The molecule has 1 N–H and O–H groups in total. The molecule has 3 rings (SSSR count). The molecule has 1 fully saturated rings. The van der Waals surface area contributed by atoms with Crippen LogP contribution in [0, 0.1) is 0 Å². The van der Waals surface area contributed by atoms with Crippen molar-refractivity contribution in [3.05, 3.63) is 29.0 Å². The number of likely N-dealkylation sites (tertiary alicyclic amines) is 1. The first kappa shape index (κ1) is 12.5. The molecule has 19 heavy (non-hydrogen) atoms. The average Bonchev–Trinajstić information content (AvgIpc) is 2.84. The van der Waals surface area contributed by atoms with E-state index in [2.05, 4.69) is 31.5 Å². The summed E-state index contributed by atoms with van der Waals surface area (Å²) in [4.78, 5) is 16.8. The lowest BCUT2D eigenvalue weighted by molar-refractivity contribution is 0.126. The molecule has 100 valence electrons. The summed E-state index contributed by atoms with van der Waals surface area (Å²) in [5, 5.41) is 10.1. The predicted molar refractivity (Wildman–Crippen MR) is 75.3 cm³/mol. The maximum atomic E-state index is 10.9. The molecule has 5 nitrogen and oxygen atoms in total. The van der Waals surface area contributed by atoms with E-state index in [1.165, 1.54) is 4.90 Å². The number of pyridine rings is 1. The van der Waals surface area contributed by atoms with E-state index in [0.717, 1.165) is 28.3 Å². The quantitative estimate of drug-likeness (QED) is 0.877. The van der Waals surface area contributed by atoms with Gasteiger partial charge in [-0.05, 0) is 40.9 Å². The third-order valence-corrected chi connectivity index (χ3v) is 4.38. The third kappa shape index (κ3) is 2.20. The van der Waals surface area contributed by atoms with Gasteiger partial charge in [0, 0.05) is 41.4 Å². The Hall–Kier alpha value is -1.56. The summed E-state index contributed by atoms with van der Waals surface area (Å²) in [6.45, 7) is 1.18. The van der Waals surface area contributed by atoms with Crippen LogP contribution in [0.3, 0.4) is 0 Å². The Morgan fingerprint density at radius 2 is 2.11 bits per heavy atom.